The van der Waals surface area contributed by atoms with Crippen LogP contribution in [-0.2, 0) is 9.53 Å². The first-order chi connectivity index (χ1) is 13.7. The fourth-order valence-electron chi connectivity index (χ4n) is 3.93. The highest BCUT2D eigenvalue weighted by Crippen LogP contribution is 2.25. The molecular weight excluding hydrogens is 400 g/mol. The van der Waals surface area contributed by atoms with Gasteiger partial charge in [-0.05, 0) is 18.2 Å². The lowest BCUT2D eigenvalue weighted by molar-refractivity contribution is -0.116. The number of nitrogens with zero attached hydrogens (tertiary/aromatic N) is 4. The molecule has 0 radical (unpaired) electrons. The highest BCUT2D eigenvalue weighted by atomic mass is 35.5. The van der Waals surface area contributed by atoms with Gasteiger partial charge in [0, 0.05) is 57.4 Å². The van der Waals surface area contributed by atoms with E-state index in [0.29, 0.717) is 5.02 Å². The molecule has 1 unspecified atom stereocenters. The van der Waals surface area contributed by atoms with Crippen molar-refractivity contribution in [2.45, 2.75) is 6.17 Å². The first kappa shape index (κ1) is 20.0. The maximum atomic E-state index is 12.6. The molecule has 2 aromatic rings. The number of fused-ring (bicyclic) bond motifs is 1. The first-order valence-electron chi connectivity index (χ1n) is 9.68. The number of aldehydes is 1. The molecule has 1 aromatic heterocycles. The lowest BCUT2D eigenvalue weighted by atomic mass is 10.2. The van der Waals surface area contributed by atoms with Gasteiger partial charge in [-0.25, -0.2) is 0 Å². The fourth-order valence-corrected chi connectivity index (χ4v) is 4.98. The largest absolute Gasteiger partial charge is 0.379 e. The van der Waals surface area contributed by atoms with Crippen molar-refractivity contribution >= 4 is 39.4 Å². The van der Waals surface area contributed by atoms with Gasteiger partial charge in [0.25, 0.3) is 0 Å². The van der Waals surface area contributed by atoms with E-state index in [9.17, 15) is 9.59 Å². The van der Waals surface area contributed by atoms with E-state index in [2.05, 4.69) is 14.7 Å². The van der Waals surface area contributed by atoms with Crippen molar-refractivity contribution in [3.8, 4) is 0 Å². The molecule has 2 aliphatic rings. The number of carbonyl (C=O) groups excluding carboxylic acids is 1. The van der Waals surface area contributed by atoms with Crippen molar-refractivity contribution in [2.75, 3.05) is 65.6 Å². The van der Waals surface area contributed by atoms with Gasteiger partial charge in [0.05, 0.1) is 23.4 Å². The van der Waals surface area contributed by atoms with Gasteiger partial charge in [-0.1, -0.05) is 22.9 Å². The molecule has 152 valence electrons. The highest BCUT2D eigenvalue weighted by Gasteiger charge is 2.27. The standard InChI is InChI=1S/C19H25ClN4O3S/c20-15-1-2-17-16(13-15)24(19(26)28-17)18(14-25)23-7-5-21(6-8-23)3-4-22-9-11-27-12-10-22/h1-2,13-14,18H,3-12H2. The van der Waals surface area contributed by atoms with Gasteiger partial charge < -0.3 is 4.74 Å². The van der Waals surface area contributed by atoms with Crippen LogP contribution in [0.5, 0.6) is 0 Å². The topological polar surface area (TPSA) is 58.0 Å². The summed E-state index contributed by atoms with van der Waals surface area (Å²) in [6.45, 7) is 9.04. The lowest BCUT2D eigenvalue weighted by Crippen LogP contribution is -2.52. The normalized spacial score (nSPS) is 21.2. The Morgan fingerprint density at radius 2 is 1.75 bits per heavy atom. The van der Waals surface area contributed by atoms with Gasteiger partial charge in [-0.2, -0.15) is 0 Å². The molecule has 0 aliphatic carbocycles. The van der Waals surface area contributed by atoms with Gasteiger partial charge in [0.15, 0.2) is 6.29 Å². The Bertz CT molecular complexity index is 872. The summed E-state index contributed by atoms with van der Waals surface area (Å²) in [6, 6.07) is 5.38. The second-order valence-electron chi connectivity index (χ2n) is 7.23. The molecular formula is C19H25ClN4O3S. The third kappa shape index (κ3) is 4.32. The molecule has 7 nitrogen and oxygen atoms in total. The van der Waals surface area contributed by atoms with E-state index in [0.717, 1.165) is 93.4 Å². The molecule has 0 N–H and O–H groups in total. The predicted molar refractivity (Wildman–Crippen MR) is 111 cm³/mol. The van der Waals surface area contributed by atoms with E-state index in [1.54, 1.807) is 16.7 Å². The van der Waals surface area contributed by atoms with Crippen molar-refractivity contribution < 1.29 is 9.53 Å². The Balaban J connectivity index is 1.40. The summed E-state index contributed by atoms with van der Waals surface area (Å²) in [5.74, 6) is 0. The second kappa shape index (κ2) is 9.02. The van der Waals surface area contributed by atoms with Crippen LogP contribution >= 0.6 is 22.9 Å². The molecule has 2 fully saturated rings. The minimum absolute atomic E-state index is 0.121. The number of halogens is 1. The Hall–Kier alpha value is -1.29. The smallest absolute Gasteiger partial charge is 0.309 e. The molecule has 4 rings (SSSR count). The number of aromatic nitrogens is 1. The Labute approximate surface area is 173 Å². The molecule has 2 saturated heterocycles. The van der Waals surface area contributed by atoms with Gasteiger partial charge >= 0.3 is 4.87 Å². The number of carbonyl (C=O) groups is 1. The summed E-state index contributed by atoms with van der Waals surface area (Å²) in [6.07, 6.45) is 0.291. The zero-order chi connectivity index (χ0) is 19.5. The number of thiazole rings is 1. The van der Waals surface area contributed by atoms with Crippen molar-refractivity contribution in [2.24, 2.45) is 0 Å². The molecule has 9 heteroatoms. The summed E-state index contributed by atoms with van der Waals surface area (Å²) in [4.78, 5) is 31.3. The molecule has 1 atom stereocenters. The number of hydrogen-bond acceptors (Lipinski definition) is 7. The Morgan fingerprint density at radius 3 is 2.43 bits per heavy atom. The van der Waals surface area contributed by atoms with Gasteiger partial charge in [0.2, 0.25) is 0 Å². The SMILES string of the molecule is O=CC(N1CCN(CCN2CCOCC2)CC1)n1c(=O)sc2ccc(Cl)cc21. The van der Waals surface area contributed by atoms with Gasteiger partial charge in [-0.3, -0.25) is 28.9 Å². The van der Waals surface area contributed by atoms with Crippen LogP contribution in [0.25, 0.3) is 10.2 Å². The Kier molecular flexibility index (Phi) is 6.45. The maximum absolute atomic E-state index is 12.6. The van der Waals surface area contributed by atoms with Crippen LogP contribution < -0.4 is 4.87 Å². The Morgan fingerprint density at radius 1 is 1.07 bits per heavy atom. The number of benzene rings is 1. The summed E-state index contributed by atoms with van der Waals surface area (Å²) in [7, 11) is 0. The van der Waals surface area contributed by atoms with Crippen LogP contribution in [0.1, 0.15) is 6.17 Å². The number of ether oxygens (including phenoxy) is 1. The fraction of sp³-hybridized carbons (Fsp3) is 0.579. The lowest BCUT2D eigenvalue weighted by Gasteiger charge is -2.38. The molecule has 0 saturated carbocycles. The molecule has 0 spiro atoms. The molecule has 0 bridgehead atoms. The average Bonchev–Trinajstić information content (AvgIpc) is 3.04. The van der Waals surface area contributed by atoms with Gasteiger partial charge in [0.1, 0.15) is 6.17 Å². The summed E-state index contributed by atoms with van der Waals surface area (Å²) >= 11 is 7.28. The van der Waals surface area contributed by atoms with E-state index >= 15 is 0 Å². The number of piperazine rings is 1. The van der Waals surface area contributed by atoms with Crippen LogP contribution in [0, 0.1) is 0 Å². The van der Waals surface area contributed by atoms with E-state index < -0.39 is 6.17 Å². The van der Waals surface area contributed by atoms with E-state index in [1.165, 1.54) is 0 Å². The molecule has 3 heterocycles. The zero-order valence-corrected chi connectivity index (χ0v) is 17.3. The predicted octanol–water partition coefficient (Wildman–Crippen LogP) is 1.36. The number of rotatable bonds is 6. The summed E-state index contributed by atoms with van der Waals surface area (Å²) in [5, 5.41) is 0.566. The number of morpholine rings is 1. The zero-order valence-electron chi connectivity index (χ0n) is 15.8. The van der Waals surface area contributed by atoms with E-state index in [-0.39, 0.29) is 4.87 Å². The second-order valence-corrected chi connectivity index (χ2v) is 8.66. The minimum atomic E-state index is -0.582. The van der Waals surface area contributed by atoms with Crippen LogP contribution in [-0.4, -0.2) is 91.1 Å². The molecule has 28 heavy (non-hydrogen) atoms. The molecule has 2 aliphatic heterocycles. The number of hydrogen-bond donors (Lipinski definition) is 0. The molecule has 1 aromatic carbocycles. The quantitative estimate of drug-likeness (QED) is 0.653. The molecule has 0 amide bonds. The van der Waals surface area contributed by atoms with Crippen molar-refractivity contribution in [3.63, 3.8) is 0 Å². The van der Waals surface area contributed by atoms with Crippen LogP contribution in [0.4, 0.5) is 0 Å². The average molecular weight is 425 g/mol. The highest BCUT2D eigenvalue weighted by molar-refractivity contribution is 7.16. The van der Waals surface area contributed by atoms with Crippen LogP contribution in [0.15, 0.2) is 23.0 Å². The van der Waals surface area contributed by atoms with Gasteiger partial charge in [-0.15, -0.1) is 0 Å². The minimum Gasteiger partial charge on any atom is -0.379 e. The van der Waals surface area contributed by atoms with E-state index in [4.69, 9.17) is 16.3 Å². The van der Waals surface area contributed by atoms with Crippen molar-refractivity contribution in [3.05, 3.63) is 32.9 Å². The third-order valence-corrected chi connectivity index (χ3v) is 6.75. The van der Waals surface area contributed by atoms with Crippen molar-refractivity contribution in [1.82, 2.24) is 19.3 Å². The van der Waals surface area contributed by atoms with E-state index in [1.807, 2.05) is 6.07 Å². The first-order valence-corrected chi connectivity index (χ1v) is 10.9. The third-order valence-electron chi connectivity index (χ3n) is 5.58. The summed E-state index contributed by atoms with van der Waals surface area (Å²) in [5.41, 5.74) is 0.731. The summed E-state index contributed by atoms with van der Waals surface area (Å²) < 4.78 is 7.83. The van der Waals surface area contributed by atoms with Crippen LogP contribution in [0.3, 0.4) is 0 Å². The van der Waals surface area contributed by atoms with Crippen LogP contribution in [0.2, 0.25) is 5.02 Å². The van der Waals surface area contributed by atoms with Crippen molar-refractivity contribution in [1.29, 1.82) is 0 Å². The monoisotopic (exact) mass is 424 g/mol. The maximum Gasteiger partial charge on any atom is 0.309 e.